The minimum atomic E-state index is 0.925. The number of para-hydroxylation sites is 3. The van der Waals surface area contributed by atoms with Gasteiger partial charge in [-0.05, 0) is 48.0 Å². The zero-order chi connectivity index (χ0) is 25.5. The van der Waals surface area contributed by atoms with E-state index in [1.807, 2.05) is 23.5 Å². The van der Waals surface area contributed by atoms with Crippen molar-refractivity contribution in [1.82, 2.24) is 4.57 Å². The molecule has 3 heteroatoms. The molecule has 0 fully saturated rings. The molecule has 0 atom stereocenters. The maximum Gasteiger partial charge on any atom is 0.143 e. The Balaban J connectivity index is 1.27. The van der Waals surface area contributed by atoms with E-state index in [0.29, 0.717) is 0 Å². The van der Waals surface area contributed by atoms with E-state index in [2.05, 4.69) is 120 Å². The largest absolute Gasteiger partial charge is 0.455 e. The zero-order valence-electron chi connectivity index (χ0n) is 20.9. The molecular formula is C36H21NOS. The number of hydrogen-bond acceptors (Lipinski definition) is 2. The van der Waals surface area contributed by atoms with Crippen LogP contribution in [0.4, 0.5) is 0 Å². The summed E-state index contributed by atoms with van der Waals surface area (Å²) in [6, 6.07) is 45.8. The van der Waals surface area contributed by atoms with Crippen LogP contribution in [0.2, 0.25) is 0 Å². The predicted octanol–water partition coefficient (Wildman–Crippen LogP) is 10.7. The minimum absolute atomic E-state index is 0.925. The number of benzene rings is 6. The van der Waals surface area contributed by atoms with Gasteiger partial charge >= 0.3 is 0 Å². The lowest BCUT2D eigenvalue weighted by Gasteiger charge is -2.10. The van der Waals surface area contributed by atoms with Gasteiger partial charge in [0.1, 0.15) is 11.2 Å². The molecule has 6 aromatic carbocycles. The molecule has 0 amide bonds. The van der Waals surface area contributed by atoms with Gasteiger partial charge in [-0.3, -0.25) is 0 Å². The van der Waals surface area contributed by atoms with Crippen LogP contribution in [0.5, 0.6) is 0 Å². The molecule has 0 radical (unpaired) electrons. The van der Waals surface area contributed by atoms with Crippen molar-refractivity contribution in [3.05, 3.63) is 127 Å². The van der Waals surface area contributed by atoms with E-state index < -0.39 is 0 Å². The average Bonchev–Trinajstić information content (AvgIpc) is 3.65. The highest BCUT2D eigenvalue weighted by molar-refractivity contribution is 7.25. The van der Waals surface area contributed by atoms with Gasteiger partial charge in [-0.25, -0.2) is 0 Å². The van der Waals surface area contributed by atoms with Crippen molar-refractivity contribution in [2.75, 3.05) is 0 Å². The van der Waals surface area contributed by atoms with E-state index in [1.165, 1.54) is 42.0 Å². The van der Waals surface area contributed by atoms with E-state index in [0.717, 1.165) is 38.8 Å². The summed E-state index contributed by atoms with van der Waals surface area (Å²) >= 11 is 1.87. The highest BCUT2D eigenvalue weighted by Crippen LogP contribution is 2.41. The van der Waals surface area contributed by atoms with Crippen molar-refractivity contribution in [1.29, 1.82) is 0 Å². The molecule has 182 valence electrons. The van der Waals surface area contributed by atoms with Crippen LogP contribution in [-0.2, 0) is 0 Å². The van der Waals surface area contributed by atoms with Crippen molar-refractivity contribution in [3.8, 4) is 16.8 Å². The Kier molecular flexibility index (Phi) is 4.24. The summed E-state index contributed by atoms with van der Waals surface area (Å²) in [6.45, 7) is 0. The zero-order valence-corrected chi connectivity index (χ0v) is 21.7. The fraction of sp³-hybridized carbons (Fsp3) is 0. The number of hydrogen-bond donors (Lipinski definition) is 0. The van der Waals surface area contributed by atoms with Gasteiger partial charge in [0.05, 0.1) is 11.0 Å². The normalized spacial score (nSPS) is 12.1. The van der Waals surface area contributed by atoms with Gasteiger partial charge in [-0.15, -0.1) is 11.3 Å². The third-order valence-electron chi connectivity index (χ3n) is 8.01. The van der Waals surface area contributed by atoms with Crippen LogP contribution in [0.25, 0.3) is 80.7 Å². The molecule has 3 heterocycles. The van der Waals surface area contributed by atoms with E-state index in [-0.39, 0.29) is 0 Å². The van der Waals surface area contributed by atoms with Crippen LogP contribution >= 0.6 is 11.3 Å². The smallest absolute Gasteiger partial charge is 0.143 e. The predicted molar refractivity (Wildman–Crippen MR) is 166 cm³/mol. The highest BCUT2D eigenvalue weighted by atomic mass is 32.1. The fourth-order valence-corrected chi connectivity index (χ4v) is 7.36. The second-order valence-corrected chi connectivity index (χ2v) is 11.2. The van der Waals surface area contributed by atoms with E-state index in [1.54, 1.807) is 0 Å². The van der Waals surface area contributed by atoms with E-state index >= 15 is 0 Å². The SMILES string of the molecule is c1ccc2c(c1)oc1c(-c3ccc(-n4c5ccccc5c5cc6sc7ccccc7c6cc54)cc3)cccc12. The first-order chi connectivity index (χ1) is 19.3. The van der Waals surface area contributed by atoms with Crippen molar-refractivity contribution in [3.63, 3.8) is 0 Å². The van der Waals surface area contributed by atoms with Crippen LogP contribution < -0.4 is 0 Å². The Hall–Kier alpha value is -4.86. The molecule has 9 rings (SSSR count). The van der Waals surface area contributed by atoms with Gasteiger partial charge in [0, 0.05) is 53.0 Å². The van der Waals surface area contributed by atoms with E-state index in [4.69, 9.17) is 4.42 Å². The van der Waals surface area contributed by atoms with Crippen LogP contribution in [-0.4, -0.2) is 4.57 Å². The number of thiophene rings is 1. The molecule has 0 bridgehead atoms. The molecule has 0 aliphatic rings. The summed E-state index contributed by atoms with van der Waals surface area (Å²) in [4.78, 5) is 0. The molecule has 0 aliphatic carbocycles. The monoisotopic (exact) mass is 515 g/mol. The second kappa shape index (κ2) is 7.83. The number of aromatic nitrogens is 1. The molecule has 0 saturated heterocycles. The molecule has 9 aromatic rings. The molecule has 2 nitrogen and oxygen atoms in total. The lowest BCUT2D eigenvalue weighted by molar-refractivity contribution is 0.670. The van der Waals surface area contributed by atoms with Gasteiger partial charge in [-0.1, -0.05) is 84.9 Å². The average molecular weight is 516 g/mol. The van der Waals surface area contributed by atoms with Crippen LogP contribution in [0, 0.1) is 0 Å². The van der Waals surface area contributed by atoms with Gasteiger partial charge < -0.3 is 8.98 Å². The van der Waals surface area contributed by atoms with Crippen molar-refractivity contribution in [2.45, 2.75) is 0 Å². The summed E-state index contributed by atoms with van der Waals surface area (Å²) in [5, 5.41) is 7.53. The van der Waals surface area contributed by atoms with Crippen molar-refractivity contribution >= 4 is 75.3 Å². The highest BCUT2D eigenvalue weighted by Gasteiger charge is 2.16. The van der Waals surface area contributed by atoms with Gasteiger partial charge in [0.2, 0.25) is 0 Å². The topological polar surface area (TPSA) is 18.1 Å². The summed E-state index contributed by atoms with van der Waals surface area (Å²) in [7, 11) is 0. The Morgan fingerprint density at radius 3 is 2.13 bits per heavy atom. The first-order valence-electron chi connectivity index (χ1n) is 13.2. The molecule has 0 aliphatic heterocycles. The maximum absolute atomic E-state index is 6.32. The Labute approximate surface area is 227 Å². The summed E-state index contributed by atoms with van der Waals surface area (Å²) in [5.41, 5.74) is 7.74. The second-order valence-electron chi connectivity index (χ2n) is 10.1. The van der Waals surface area contributed by atoms with Gasteiger partial charge in [0.15, 0.2) is 0 Å². The maximum atomic E-state index is 6.32. The van der Waals surface area contributed by atoms with E-state index in [9.17, 15) is 0 Å². The minimum Gasteiger partial charge on any atom is -0.455 e. The van der Waals surface area contributed by atoms with Crippen LogP contribution in [0.3, 0.4) is 0 Å². The first-order valence-corrected chi connectivity index (χ1v) is 14.0. The fourth-order valence-electron chi connectivity index (χ4n) is 6.23. The molecule has 0 N–H and O–H groups in total. The number of nitrogens with zero attached hydrogens (tertiary/aromatic N) is 1. The molecule has 3 aromatic heterocycles. The van der Waals surface area contributed by atoms with Crippen LogP contribution in [0.1, 0.15) is 0 Å². The van der Waals surface area contributed by atoms with Crippen molar-refractivity contribution in [2.24, 2.45) is 0 Å². The number of rotatable bonds is 2. The molecule has 0 saturated carbocycles. The molecule has 0 spiro atoms. The quantitative estimate of drug-likeness (QED) is 0.224. The third kappa shape index (κ3) is 2.96. The summed E-state index contributed by atoms with van der Waals surface area (Å²) in [6.07, 6.45) is 0. The lowest BCUT2D eigenvalue weighted by atomic mass is 10.0. The molecule has 0 unspecified atom stereocenters. The Morgan fingerprint density at radius 2 is 1.23 bits per heavy atom. The number of furan rings is 1. The molecule has 39 heavy (non-hydrogen) atoms. The summed E-state index contributed by atoms with van der Waals surface area (Å²) < 4.78 is 11.4. The van der Waals surface area contributed by atoms with Gasteiger partial charge in [0.25, 0.3) is 0 Å². The number of fused-ring (bicyclic) bond motifs is 9. The lowest BCUT2D eigenvalue weighted by Crippen LogP contribution is -1.93. The summed E-state index contributed by atoms with van der Waals surface area (Å²) in [5.74, 6) is 0. The van der Waals surface area contributed by atoms with Crippen molar-refractivity contribution < 1.29 is 4.42 Å². The Bertz CT molecular complexity index is 2380. The van der Waals surface area contributed by atoms with Crippen LogP contribution in [0.15, 0.2) is 132 Å². The third-order valence-corrected chi connectivity index (χ3v) is 9.15. The first kappa shape index (κ1) is 21.1. The molecular weight excluding hydrogens is 494 g/mol. The standard InChI is InChI=1S/C36H21NOS/c1-4-13-31-25(8-1)29-21-35-30(27-10-3-6-15-34(27)39-35)20-32(29)37(31)23-18-16-22(17-19-23)24-11-7-12-28-26-9-2-5-14-33(26)38-36(24)28/h1-21H. The van der Waals surface area contributed by atoms with Gasteiger partial charge in [-0.2, -0.15) is 0 Å². The Morgan fingerprint density at radius 1 is 0.487 bits per heavy atom.